The van der Waals surface area contributed by atoms with Crippen molar-refractivity contribution in [1.29, 1.82) is 0 Å². The predicted molar refractivity (Wildman–Crippen MR) is 81.4 cm³/mol. The molecule has 1 aliphatic heterocycles. The van der Waals surface area contributed by atoms with Gasteiger partial charge in [-0.25, -0.2) is 9.37 Å². The molecule has 1 aromatic rings. The van der Waals surface area contributed by atoms with Gasteiger partial charge in [0.2, 0.25) is 0 Å². The van der Waals surface area contributed by atoms with Crippen LogP contribution < -0.4 is 10.2 Å². The minimum Gasteiger partial charge on any atom is -0.354 e. The van der Waals surface area contributed by atoms with Crippen molar-refractivity contribution in [3.63, 3.8) is 0 Å². The second-order valence-corrected chi connectivity index (χ2v) is 6.14. The second-order valence-electron chi connectivity index (χ2n) is 6.14. The second kappa shape index (κ2) is 7.02. The van der Waals surface area contributed by atoms with Gasteiger partial charge in [-0.2, -0.15) is 0 Å². The van der Waals surface area contributed by atoms with E-state index in [9.17, 15) is 4.39 Å². The van der Waals surface area contributed by atoms with E-state index in [-0.39, 0.29) is 5.82 Å². The van der Waals surface area contributed by atoms with E-state index in [1.807, 2.05) is 0 Å². The Morgan fingerprint density at radius 1 is 1.50 bits per heavy atom. The van der Waals surface area contributed by atoms with E-state index in [0.29, 0.717) is 24.2 Å². The first kappa shape index (κ1) is 15.2. The molecule has 1 saturated heterocycles. The van der Waals surface area contributed by atoms with Gasteiger partial charge in [0, 0.05) is 31.4 Å². The summed E-state index contributed by atoms with van der Waals surface area (Å²) in [7, 11) is 0. The SMILES string of the molecule is CCC1CCN(c2nccc(CNCC(C)C)c2F)C1. The van der Waals surface area contributed by atoms with E-state index in [1.165, 1.54) is 0 Å². The molecular weight excluding hydrogens is 253 g/mol. The highest BCUT2D eigenvalue weighted by Crippen LogP contribution is 2.27. The van der Waals surface area contributed by atoms with Crippen LogP contribution in [0, 0.1) is 17.7 Å². The number of hydrogen-bond acceptors (Lipinski definition) is 3. The highest BCUT2D eigenvalue weighted by Gasteiger charge is 2.25. The number of rotatable bonds is 6. The van der Waals surface area contributed by atoms with E-state index in [2.05, 4.69) is 36.0 Å². The Morgan fingerprint density at radius 2 is 2.30 bits per heavy atom. The zero-order valence-corrected chi connectivity index (χ0v) is 12.8. The molecule has 1 fully saturated rings. The van der Waals surface area contributed by atoms with E-state index in [4.69, 9.17) is 0 Å². The van der Waals surface area contributed by atoms with Crippen LogP contribution in [0.4, 0.5) is 10.2 Å². The number of anilines is 1. The van der Waals surface area contributed by atoms with Crippen LogP contribution in [0.15, 0.2) is 12.3 Å². The molecule has 1 N–H and O–H groups in total. The Morgan fingerprint density at radius 3 is 2.95 bits per heavy atom. The highest BCUT2D eigenvalue weighted by molar-refractivity contribution is 5.44. The summed E-state index contributed by atoms with van der Waals surface area (Å²) in [6.45, 7) is 9.83. The van der Waals surface area contributed by atoms with Crippen molar-refractivity contribution < 1.29 is 4.39 Å². The predicted octanol–water partition coefficient (Wildman–Crippen LogP) is 3.20. The van der Waals surface area contributed by atoms with Gasteiger partial charge in [0.25, 0.3) is 0 Å². The fourth-order valence-electron chi connectivity index (χ4n) is 2.68. The Labute approximate surface area is 121 Å². The van der Waals surface area contributed by atoms with E-state index in [1.54, 1.807) is 12.3 Å². The molecule has 1 atom stereocenters. The smallest absolute Gasteiger partial charge is 0.170 e. The molecule has 0 spiro atoms. The molecule has 112 valence electrons. The molecule has 2 heterocycles. The number of hydrogen-bond donors (Lipinski definition) is 1. The van der Waals surface area contributed by atoms with Crippen LogP contribution in [0.25, 0.3) is 0 Å². The third kappa shape index (κ3) is 3.69. The van der Waals surface area contributed by atoms with Crippen molar-refractivity contribution in [2.45, 2.75) is 40.2 Å². The van der Waals surface area contributed by atoms with Crippen molar-refractivity contribution in [1.82, 2.24) is 10.3 Å². The Kier molecular flexibility index (Phi) is 5.35. The summed E-state index contributed by atoms with van der Waals surface area (Å²) in [6, 6.07) is 1.78. The molecule has 2 rings (SSSR count). The van der Waals surface area contributed by atoms with Gasteiger partial charge in [-0.05, 0) is 30.9 Å². The molecule has 4 heteroatoms. The normalized spacial score (nSPS) is 19.1. The Hall–Kier alpha value is -1.16. The maximum Gasteiger partial charge on any atom is 0.170 e. The molecule has 20 heavy (non-hydrogen) atoms. The van der Waals surface area contributed by atoms with Gasteiger partial charge in [-0.1, -0.05) is 27.2 Å². The van der Waals surface area contributed by atoms with E-state index < -0.39 is 0 Å². The molecule has 3 nitrogen and oxygen atoms in total. The molecule has 0 aromatic carbocycles. The topological polar surface area (TPSA) is 28.2 Å². The molecule has 0 radical (unpaired) electrons. The minimum atomic E-state index is -0.152. The van der Waals surface area contributed by atoms with Gasteiger partial charge in [0.15, 0.2) is 11.6 Å². The fraction of sp³-hybridized carbons (Fsp3) is 0.688. The lowest BCUT2D eigenvalue weighted by molar-refractivity contribution is 0.531. The largest absolute Gasteiger partial charge is 0.354 e. The summed E-state index contributed by atoms with van der Waals surface area (Å²) in [5, 5.41) is 3.29. The summed E-state index contributed by atoms with van der Waals surface area (Å²) in [5.74, 6) is 1.63. The number of aromatic nitrogens is 1. The summed E-state index contributed by atoms with van der Waals surface area (Å²) in [6.07, 6.45) is 4.03. The van der Waals surface area contributed by atoms with Crippen molar-refractivity contribution in [2.75, 3.05) is 24.5 Å². The summed E-state index contributed by atoms with van der Waals surface area (Å²) >= 11 is 0. The van der Waals surface area contributed by atoms with Crippen LogP contribution in [-0.4, -0.2) is 24.6 Å². The first-order chi connectivity index (χ1) is 9.61. The molecular formula is C16H26FN3. The standard InChI is InChI=1S/C16H26FN3/c1-4-13-6-8-20(11-13)16-15(17)14(5-7-19-16)10-18-9-12(2)3/h5,7,12-13,18H,4,6,8-11H2,1-3H3. The van der Waals surface area contributed by atoms with Crippen LogP contribution in [0.2, 0.25) is 0 Å². The van der Waals surface area contributed by atoms with E-state index >= 15 is 0 Å². The van der Waals surface area contributed by atoms with Crippen molar-refractivity contribution in [3.8, 4) is 0 Å². The fourth-order valence-corrected chi connectivity index (χ4v) is 2.68. The average molecular weight is 279 g/mol. The summed E-state index contributed by atoms with van der Waals surface area (Å²) in [4.78, 5) is 6.35. The van der Waals surface area contributed by atoms with Gasteiger partial charge in [0.05, 0.1) is 0 Å². The number of nitrogens with zero attached hydrogens (tertiary/aromatic N) is 2. The zero-order chi connectivity index (χ0) is 14.5. The number of nitrogens with one attached hydrogen (secondary N) is 1. The van der Waals surface area contributed by atoms with Crippen LogP contribution >= 0.6 is 0 Å². The first-order valence-corrected chi connectivity index (χ1v) is 7.70. The van der Waals surface area contributed by atoms with Crippen LogP contribution in [0.3, 0.4) is 0 Å². The lowest BCUT2D eigenvalue weighted by Crippen LogP contribution is -2.24. The molecule has 0 amide bonds. The highest BCUT2D eigenvalue weighted by atomic mass is 19.1. The summed E-state index contributed by atoms with van der Waals surface area (Å²) < 4.78 is 14.5. The van der Waals surface area contributed by atoms with Gasteiger partial charge in [0.1, 0.15) is 0 Å². The van der Waals surface area contributed by atoms with Crippen molar-refractivity contribution >= 4 is 5.82 Å². The third-order valence-electron chi connectivity index (χ3n) is 3.98. The van der Waals surface area contributed by atoms with Gasteiger partial charge >= 0.3 is 0 Å². The minimum absolute atomic E-state index is 0.152. The van der Waals surface area contributed by atoms with Crippen LogP contribution in [0.1, 0.15) is 39.2 Å². The number of halogens is 1. The average Bonchev–Trinajstić information content (AvgIpc) is 2.89. The maximum absolute atomic E-state index is 14.5. The molecule has 1 aliphatic rings. The van der Waals surface area contributed by atoms with Crippen molar-refractivity contribution in [3.05, 3.63) is 23.6 Å². The quantitative estimate of drug-likeness (QED) is 0.866. The Balaban J connectivity index is 2.03. The van der Waals surface area contributed by atoms with Crippen LogP contribution in [0.5, 0.6) is 0 Å². The monoisotopic (exact) mass is 279 g/mol. The molecule has 0 aliphatic carbocycles. The first-order valence-electron chi connectivity index (χ1n) is 7.70. The van der Waals surface area contributed by atoms with Crippen molar-refractivity contribution in [2.24, 2.45) is 11.8 Å². The molecule has 1 unspecified atom stereocenters. The molecule has 1 aromatic heterocycles. The lowest BCUT2D eigenvalue weighted by Gasteiger charge is -2.19. The van der Waals surface area contributed by atoms with E-state index in [0.717, 1.165) is 38.0 Å². The summed E-state index contributed by atoms with van der Waals surface area (Å²) in [5.41, 5.74) is 0.718. The maximum atomic E-state index is 14.5. The third-order valence-corrected chi connectivity index (χ3v) is 3.98. The van der Waals surface area contributed by atoms with Crippen LogP contribution in [-0.2, 0) is 6.54 Å². The van der Waals surface area contributed by atoms with Gasteiger partial charge < -0.3 is 10.2 Å². The van der Waals surface area contributed by atoms with Gasteiger partial charge in [-0.3, -0.25) is 0 Å². The zero-order valence-electron chi connectivity index (χ0n) is 12.8. The molecule has 0 bridgehead atoms. The molecule has 0 saturated carbocycles. The lowest BCUT2D eigenvalue weighted by atomic mass is 10.1. The number of pyridine rings is 1. The Bertz CT molecular complexity index is 434. The van der Waals surface area contributed by atoms with Gasteiger partial charge in [-0.15, -0.1) is 0 Å².